The second kappa shape index (κ2) is 20.0. The summed E-state index contributed by atoms with van der Waals surface area (Å²) in [4.78, 5) is 60.5. The maximum atomic E-state index is 12.6. The van der Waals surface area contributed by atoms with Crippen LogP contribution in [0.4, 0.5) is 4.79 Å². The molecule has 4 unspecified atom stereocenters. The fourth-order valence-electron chi connectivity index (χ4n) is 6.41. The van der Waals surface area contributed by atoms with Gasteiger partial charge in [-0.3, -0.25) is 19.2 Å². The van der Waals surface area contributed by atoms with Gasteiger partial charge in [0.05, 0.1) is 64.7 Å². The van der Waals surface area contributed by atoms with Crippen LogP contribution in [0.5, 0.6) is 0 Å². The molecule has 3 aliphatic rings. The highest BCUT2D eigenvalue weighted by Gasteiger charge is 2.72. The van der Waals surface area contributed by atoms with Crippen LogP contribution in [0.1, 0.15) is 53.9 Å². The molecule has 0 aromatic carbocycles. The molecule has 0 aromatic rings. The number of epoxide rings is 2. The molecule has 2 saturated heterocycles. The molecule has 0 radical (unpaired) electrons. The Hall–Kier alpha value is -3.35. The normalized spacial score (nSPS) is 26.8. The molecule has 0 bridgehead atoms. The van der Waals surface area contributed by atoms with Gasteiger partial charge in [0.2, 0.25) is 23.6 Å². The fourth-order valence-corrected chi connectivity index (χ4v) is 6.41. The SMILES string of the molecule is COC1C(OC(=O)NCCOCCOCCNC(=O)CNC(=O)[C@@H](NC(=O)CNC(=O)CN)C(C)C)CC[C@]2(CO2)C1C1(C)O[C@@H]1CC=C(C)C. The average Bonchev–Trinajstić information content (AvgIpc) is 4.01. The number of carbonyl (C=O) groups is 5. The predicted molar refractivity (Wildman–Crippen MR) is 184 cm³/mol. The molecular formula is C34H58N6O11. The van der Waals surface area contributed by atoms with Gasteiger partial charge >= 0.3 is 6.09 Å². The van der Waals surface area contributed by atoms with Gasteiger partial charge < -0.3 is 60.7 Å². The van der Waals surface area contributed by atoms with Crippen molar-refractivity contribution in [2.24, 2.45) is 17.6 Å². The van der Waals surface area contributed by atoms with Crippen LogP contribution in [-0.4, -0.2) is 138 Å². The van der Waals surface area contributed by atoms with E-state index in [2.05, 4.69) is 53.4 Å². The lowest BCUT2D eigenvalue weighted by atomic mass is 9.68. The van der Waals surface area contributed by atoms with E-state index < -0.39 is 47.5 Å². The van der Waals surface area contributed by atoms with Gasteiger partial charge in [-0.2, -0.15) is 0 Å². The maximum Gasteiger partial charge on any atom is 0.407 e. The van der Waals surface area contributed by atoms with E-state index in [1.807, 2.05) is 0 Å². The zero-order valence-electron chi connectivity index (χ0n) is 30.8. The second-order valence-corrected chi connectivity index (χ2v) is 13.8. The van der Waals surface area contributed by atoms with Crippen molar-refractivity contribution in [1.82, 2.24) is 26.6 Å². The van der Waals surface area contributed by atoms with Crippen LogP contribution in [0, 0.1) is 11.8 Å². The summed E-state index contributed by atoms with van der Waals surface area (Å²) in [6.45, 7) is 11.0. The number of rotatable bonds is 22. The van der Waals surface area contributed by atoms with E-state index in [0.717, 1.165) is 12.8 Å². The van der Waals surface area contributed by atoms with Crippen molar-refractivity contribution in [1.29, 1.82) is 0 Å². The van der Waals surface area contributed by atoms with E-state index in [1.54, 1.807) is 21.0 Å². The van der Waals surface area contributed by atoms with Gasteiger partial charge in [0.15, 0.2) is 0 Å². The number of ether oxygens (including phenoxy) is 6. The first kappa shape index (κ1) is 42.1. The third-order valence-corrected chi connectivity index (χ3v) is 9.27. The van der Waals surface area contributed by atoms with Crippen LogP contribution in [0.2, 0.25) is 0 Å². The predicted octanol–water partition coefficient (Wildman–Crippen LogP) is -0.730. The van der Waals surface area contributed by atoms with E-state index in [4.69, 9.17) is 34.2 Å². The monoisotopic (exact) mass is 726 g/mol. The molecule has 3 rings (SSSR count). The van der Waals surface area contributed by atoms with Crippen LogP contribution in [0.15, 0.2) is 11.6 Å². The lowest BCUT2D eigenvalue weighted by Crippen LogP contribution is -2.56. The Morgan fingerprint density at radius 2 is 1.57 bits per heavy atom. The third-order valence-electron chi connectivity index (χ3n) is 9.27. The first-order valence-electron chi connectivity index (χ1n) is 17.6. The lowest BCUT2D eigenvalue weighted by molar-refractivity contribution is -0.131. The van der Waals surface area contributed by atoms with Gasteiger partial charge in [-0.15, -0.1) is 0 Å². The summed E-state index contributed by atoms with van der Waals surface area (Å²) in [5.41, 5.74) is 5.73. The quantitative estimate of drug-likeness (QED) is 0.0461. The third kappa shape index (κ3) is 13.0. The Morgan fingerprint density at radius 3 is 2.16 bits per heavy atom. The molecule has 17 nitrogen and oxygen atoms in total. The fraction of sp³-hybridized carbons (Fsp3) is 0.794. The van der Waals surface area contributed by atoms with E-state index in [1.165, 1.54) is 5.57 Å². The number of hydrogen-bond donors (Lipinski definition) is 6. The molecule has 1 saturated carbocycles. The molecule has 5 amide bonds. The summed E-state index contributed by atoms with van der Waals surface area (Å²) in [6.07, 6.45) is 3.15. The zero-order valence-corrected chi connectivity index (χ0v) is 30.8. The van der Waals surface area contributed by atoms with Crippen molar-refractivity contribution in [3.8, 4) is 0 Å². The van der Waals surface area contributed by atoms with E-state index in [0.29, 0.717) is 13.0 Å². The molecule has 7 N–H and O–H groups in total. The number of amides is 5. The zero-order chi connectivity index (χ0) is 37.6. The van der Waals surface area contributed by atoms with E-state index >= 15 is 0 Å². The summed E-state index contributed by atoms with van der Waals surface area (Å²) in [6, 6.07) is -0.889. The van der Waals surface area contributed by atoms with Gasteiger partial charge in [0.1, 0.15) is 29.5 Å². The van der Waals surface area contributed by atoms with Gasteiger partial charge in [-0.1, -0.05) is 25.5 Å². The highest BCUT2D eigenvalue weighted by molar-refractivity contribution is 5.92. The molecule has 17 heteroatoms. The molecular weight excluding hydrogens is 668 g/mol. The van der Waals surface area contributed by atoms with Crippen molar-refractivity contribution in [2.75, 3.05) is 72.9 Å². The Kier molecular flexibility index (Phi) is 16.5. The number of alkyl carbamates (subject to hydrolysis) is 1. The van der Waals surface area contributed by atoms with Crippen LogP contribution in [-0.2, 0) is 47.6 Å². The molecule has 7 atom stereocenters. The molecule has 290 valence electrons. The topological polar surface area (TPSA) is 234 Å². The number of allylic oxidation sites excluding steroid dienone is 1. The van der Waals surface area contributed by atoms with Crippen molar-refractivity contribution >= 4 is 29.7 Å². The largest absolute Gasteiger partial charge is 0.443 e. The Labute approximate surface area is 300 Å². The highest BCUT2D eigenvalue weighted by Crippen LogP contribution is 2.59. The van der Waals surface area contributed by atoms with E-state index in [-0.39, 0.29) is 88.8 Å². The number of carbonyl (C=O) groups excluding carboxylic acids is 5. The molecule has 2 aliphatic heterocycles. The lowest BCUT2D eigenvalue weighted by Gasteiger charge is -2.42. The smallest absolute Gasteiger partial charge is 0.407 e. The molecule has 3 fully saturated rings. The van der Waals surface area contributed by atoms with Crippen molar-refractivity contribution in [3.05, 3.63) is 11.6 Å². The number of hydrogen-bond acceptors (Lipinski definition) is 12. The average molecular weight is 727 g/mol. The van der Waals surface area contributed by atoms with E-state index in [9.17, 15) is 24.0 Å². The first-order chi connectivity index (χ1) is 24.3. The molecule has 1 spiro atoms. The van der Waals surface area contributed by atoms with Crippen molar-refractivity contribution in [2.45, 2.75) is 89.4 Å². The minimum Gasteiger partial charge on any atom is -0.443 e. The van der Waals surface area contributed by atoms with Crippen LogP contribution in [0.25, 0.3) is 0 Å². The van der Waals surface area contributed by atoms with Crippen LogP contribution >= 0.6 is 0 Å². The molecule has 2 heterocycles. The minimum atomic E-state index is -0.889. The Morgan fingerprint density at radius 1 is 0.922 bits per heavy atom. The Balaban J connectivity index is 1.23. The van der Waals surface area contributed by atoms with Crippen molar-refractivity contribution in [3.63, 3.8) is 0 Å². The van der Waals surface area contributed by atoms with Gasteiger partial charge in [-0.25, -0.2) is 4.79 Å². The maximum absolute atomic E-state index is 12.6. The standard InChI is InChI=1S/C34H58N6O11/c1-21(2)7-8-24-33(5,51-24)30-29(46-6)23(9-10-34(30)20-49-34)50-32(45)37-12-14-48-16-15-47-13-11-36-26(42)18-39-31(44)28(22(3)4)40-27(43)19-38-25(41)17-35/h7,22-24,28-30H,8-20,35H2,1-6H3,(H,36,42)(H,37,45)(H,38,41)(H,39,44)(H,40,43)/t23?,24-,28+,29?,30?,33?,34+/m1/s1. The van der Waals surface area contributed by atoms with Crippen molar-refractivity contribution < 1.29 is 52.4 Å². The van der Waals surface area contributed by atoms with Gasteiger partial charge in [0.25, 0.3) is 0 Å². The Bertz CT molecular complexity index is 1230. The van der Waals surface area contributed by atoms with Gasteiger partial charge in [0, 0.05) is 20.2 Å². The molecule has 1 aliphatic carbocycles. The van der Waals surface area contributed by atoms with Crippen LogP contribution in [0.3, 0.4) is 0 Å². The summed E-state index contributed by atoms with van der Waals surface area (Å²) in [5.74, 6) is -2.31. The summed E-state index contributed by atoms with van der Waals surface area (Å²) in [7, 11) is 1.64. The van der Waals surface area contributed by atoms with Crippen LogP contribution < -0.4 is 32.3 Å². The summed E-state index contributed by atoms with van der Waals surface area (Å²) < 4.78 is 34.9. The summed E-state index contributed by atoms with van der Waals surface area (Å²) >= 11 is 0. The first-order valence-corrected chi connectivity index (χ1v) is 17.6. The highest BCUT2D eigenvalue weighted by atomic mass is 16.6. The number of methoxy groups -OCH3 is 1. The number of nitrogens with two attached hydrogens (primary N) is 1. The second-order valence-electron chi connectivity index (χ2n) is 13.8. The molecule has 51 heavy (non-hydrogen) atoms. The molecule has 0 aromatic heterocycles. The number of nitrogens with one attached hydrogen (secondary N) is 5. The minimum absolute atomic E-state index is 0.0525. The van der Waals surface area contributed by atoms with Gasteiger partial charge in [-0.05, 0) is 46.0 Å². The summed E-state index contributed by atoms with van der Waals surface area (Å²) in [5, 5.41) is 12.7.